The Hall–Kier alpha value is -2.84. The number of carbonyl (C=O) groups excluding carboxylic acids is 1. The molecule has 1 N–H and O–H groups in total. The van der Waals surface area contributed by atoms with Crippen LogP contribution in [0.25, 0.3) is 0 Å². The van der Waals surface area contributed by atoms with E-state index in [9.17, 15) is 13.6 Å². The number of aromatic nitrogens is 3. The molecule has 0 fully saturated rings. The van der Waals surface area contributed by atoms with Crippen molar-refractivity contribution >= 4 is 17.8 Å². The molecule has 1 aromatic heterocycles. The van der Waals surface area contributed by atoms with Crippen LogP contribution < -0.4 is 15.1 Å². The maximum absolute atomic E-state index is 13.6. The zero-order valence-electron chi connectivity index (χ0n) is 13.8. The summed E-state index contributed by atoms with van der Waals surface area (Å²) in [4.78, 5) is 28.0. The average Bonchev–Trinajstić information content (AvgIpc) is 2.52. The van der Waals surface area contributed by atoms with Crippen LogP contribution in [0.1, 0.15) is 16.2 Å². The fourth-order valence-corrected chi connectivity index (χ4v) is 1.84. The van der Waals surface area contributed by atoms with Crippen molar-refractivity contribution in [2.24, 2.45) is 0 Å². The highest BCUT2D eigenvalue weighted by molar-refractivity contribution is 5.94. The van der Waals surface area contributed by atoms with Crippen molar-refractivity contribution in [2.75, 3.05) is 38.0 Å². The Kier molecular flexibility index (Phi) is 5.22. The van der Waals surface area contributed by atoms with E-state index in [-0.39, 0.29) is 12.4 Å². The normalized spacial score (nSPS) is 10.4. The Morgan fingerprint density at radius 3 is 1.96 bits per heavy atom. The van der Waals surface area contributed by atoms with Crippen molar-refractivity contribution in [2.45, 2.75) is 6.54 Å². The second kappa shape index (κ2) is 7.16. The van der Waals surface area contributed by atoms with Gasteiger partial charge in [0.1, 0.15) is 17.2 Å². The van der Waals surface area contributed by atoms with Crippen LogP contribution >= 0.6 is 0 Å². The van der Waals surface area contributed by atoms with E-state index in [0.717, 1.165) is 12.1 Å². The molecule has 1 heterocycles. The Morgan fingerprint density at radius 2 is 1.50 bits per heavy atom. The number of rotatable bonds is 5. The summed E-state index contributed by atoms with van der Waals surface area (Å²) in [7, 11) is 7.08. The summed E-state index contributed by atoms with van der Waals surface area (Å²) in [5.74, 6) is -1.62. The summed E-state index contributed by atoms with van der Waals surface area (Å²) in [5, 5.41) is 2.42. The molecular weight excluding hydrogens is 318 g/mol. The fourth-order valence-electron chi connectivity index (χ4n) is 1.84. The number of nitrogens with zero attached hydrogens (tertiary/aromatic N) is 5. The summed E-state index contributed by atoms with van der Waals surface area (Å²) in [5.41, 5.74) is -0.632. The van der Waals surface area contributed by atoms with Crippen LogP contribution in [0, 0.1) is 11.6 Å². The van der Waals surface area contributed by atoms with Gasteiger partial charge >= 0.3 is 0 Å². The molecule has 2 aromatic rings. The highest BCUT2D eigenvalue weighted by atomic mass is 19.1. The maximum atomic E-state index is 13.6. The molecule has 0 aliphatic heterocycles. The summed E-state index contributed by atoms with van der Waals surface area (Å²) in [6.45, 7) is -0.0865. The third-order valence-electron chi connectivity index (χ3n) is 3.05. The minimum atomic E-state index is -0.925. The zero-order valence-corrected chi connectivity index (χ0v) is 13.8. The highest BCUT2D eigenvalue weighted by Crippen LogP contribution is 2.13. The predicted octanol–water partition coefficient (Wildman–Crippen LogP) is 1.21. The molecule has 0 unspecified atom stereocenters. The van der Waals surface area contributed by atoms with Crippen molar-refractivity contribution in [1.29, 1.82) is 0 Å². The number of amides is 1. The first-order chi connectivity index (χ1) is 11.3. The molecule has 128 valence electrons. The van der Waals surface area contributed by atoms with E-state index < -0.39 is 23.1 Å². The lowest BCUT2D eigenvalue weighted by Gasteiger charge is -2.16. The van der Waals surface area contributed by atoms with Gasteiger partial charge in [0.05, 0.1) is 6.54 Å². The quantitative estimate of drug-likeness (QED) is 0.885. The number of benzene rings is 1. The van der Waals surface area contributed by atoms with Gasteiger partial charge in [-0.2, -0.15) is 15.0 Å². The van der Waals surface area contributed by atoms with Crippen molar-refractivity contribution in [3.8, 4) is 0 Å². The molecule has 1 aromatic carbocycles. The van der Waals surface area contributed by atoms with Crippen LogP contribution in [-0.4, -0.2) is 49.0 Å². The van der Waals surface area contributed by atoms with Gasteiger partial charge in [0.15, 0.2) is 5.82 Å². The predicted molar refractivity (Wildman–Crippen MR) is 86.0 cm³/mol. The molecule has 0 aliphatic rings. The average molecular weight is 336 g/mol. The van der Waals surface area contributed by atoms with Crippen LogP contribution in [0.3, 0.4) is 0 Å². The van der Waals surface area contributed by atoms with Crippen molar-refractivity contribution in [3.05, 3.63) is 41.2 Å². The van der Waals surface area contributed by atoms with Gasteiger partial charge in [-0.15, -0.1) is 0 Å². The number of halogens is 2. The molecule has 0 saturated carbocycles. The topological polar surface area (TPSA) is 74.2 Å². The van der Waals surface area contributed by atoms with E-state index in [4.69, 9.17) is 0 Å². The van der Waals surface area contributed by atoms with E-state index in [2.05, 4.69) is 20.3 Å². The van der Waals surface area contributed by atoms with Crippen LogP contribution in [-0.2, 0) is 6.54 Å². The second-order valence-electron chi connectivity index (χ2n) is 5.42. The first-order valence-corrected chi connectivity index (χ1v) is 7.11. The van der Waals surface area contributed by atoms with Gasteiger partial charge in [0, 0.05) is 28.2 Å². The third kappa shape index (κ3) is 3.92. The Balaban J connectivity index is 2.21. The number of carbonyl (C=O) groups is 1. The van der Waals surface area contributed by atoms with Gasteiger partial charge in [-0.3, -0.25) is 4.79 Å². The molecule has 2 rings (SSSR count). The number of hydrogen-bond acceptors (Lipinski definition) is 6. The number of hydrogen-bond donors (Lipinski definition) is 1. The molecular formula is C15H18F2N6O. The number of anilines is 2. The minimum Gasteiger partial charge on any atom is -0.347 e. The van der Waals surface area contributed by atoms with Crippen LogP contribution in [0.5, 0.6) is 0 Å². The zero-order chi connectivity index (χ0) is 17.9. The molecule has 0 aliphatic carbocycles. The van der Waals surface area contributed by atoms with E-state index in [1.807, 2.05) is 0 Å². The van der Waals surface area contributed by atoms with Gasteiger partial charge in [0.2, 0.25) is 11.9 Å². The number of nitrogens with one attached hydrogen (secondary N) is 1. The maximum Gasteiger partial charge on any atom is 0.257 e. The van der Waals surface area contributed by atoms with Gasteiger partial charge in [0.25, 0.3) is 5.91 Å². The molecule has 24 heavy (non-hydrogen) atoms. The monoisotopic (exact) mass is 336 g/mol. The fraction of sp³-hybridized carbons (Fsp3) is 0.333. The summed E-state index contributed by atoms with van der Waals surface area (Å²) >= 11 is 0. The lowest BCUT2D eigenvalue weighted by Crippen LogP contribution is -2.27. The highest BCUT2D eigenvalue weighted by Gasteiger charge is 2.17. The Bertz CT molecular complexity index is 704. The summed E-state index contributed by atoms with van der Waals surface area (Å²) < 4.78 is 27.2. The Morgan fingerprint density at radius 1 is 1.00 bits per heavy atom. The standard InChI is InChI=1S/C15H18F2N6O/c1-22(2)14-19-11(20-15(21-14)23(3)4)8-18-13(24)12-9(16)6-5-7-10(12)17/h5-7H,8H2,1-4H3,(H,18,24). The van der Waals surface area contributed by atoms with Crippen molar-refractivity contribution in [1.82, 2.24) is 20.3 Å². The summed E-state index contributed by atoms with van der Waals surface area (Å²) in [6.07, 6.45) is 0. The van der Waals surface area contributed by atoms with Gasteiger partial charge in [-0.25, -0.2) is 8.78 Å². The van der Waals surface area contributed by atoms with E-state index >= 15 is 0 Å². The van der Waals surface area contributed by atoms with Crippen LogP contribution in [0.2, 0.25) is 0 Å². The van der Waals surface area contributed by atoms with E-state index in [1.165, 1.54) is 6.07 Å². The Labute approximate surface area is 138 Å². The molecule has 9 heteroatoms. The van der Waals surface area contributed by atoms with Crippen molar-refractivity contribution < 1.29 is 13.6 Å². The minimum absolute atomic E-state index is 0.0865. The van der Waals surface area contributed by atoms with Crippen LogP contribution in [0.15, 0.2) is 18.2 Å². The second-order valence-corrected chi connectivity index (χ2v) is 5.42. The molecule has 0 spiro atoms. The van der Waals surface area contributed by atoms with Gasteiger partial charge in [-0.05, 0) is 12.1 Å². The third-order valence-corrected chi connectivity index (χ3v) is 3.05. The van der Waals surface area contributed by atoms with Gasteiger partial charge < -0.3 is 15.1 Å². The SMILES string of the molecule is CN(C)c1nc(CNC(=O)c2c(F)cccc2F)nc(N(C)C)n1. The first-order valence-electron chi connectivity index (χ1n) is 7.11. The smallest absolute Gasteiger partial charge is 0.257 e. The van der Waals surface area contributed by atoms with E-state index in [0.29, 0.717) is 11.9 Å². The van der Waals surface area contributed by atoms with Crippen LogP contribution in [0.4, 0.5) is 20.7 Å². The molecule has 0 bridgehead atoms. The summed E-state index contributed by atoms with van der Waals surface area (Å²) in [6, 6.07) is 3.24. The molecule has 0 atom stereocenters. The molecule has 0 saturated heterocycles. The molecule has 1 amide bonds. The first kappa shape index (κ1) is 17.5. The van der Waals surface area contributed by atoms with Crippen molar-refractivity contribution in [3.63, 3.8) is 0 Å². The molecule has 7 nitrogen and oxygen atoms in total. The lowest BCUT2D eigenvalue weighted by molar-refractivity contribution is 0.0941. The largest absolute Gasteiger partial charge is 0.347 e. The van der Waals surface area contributed by atoms with E-state index in [1.54, 1.807) is 38.0 Å². The van der Waals surface area contributed by atoms with Gasteiger partial charge in [-0.1, -0.05) is 6.07 Å². The molecule has 0 radical (unpaired) electrons. The lowest BCUT2D eigenvalue weighted by atomic mass is 10.2.